The second kappa shape index (κ2) is 6.29. The third-order valence-electron chi connectivity index (χ3n) is 2.97. The Morgan fingerprint density at radius 1 is 1.11 bits per heavy atom. The summed E-state index contributed by atoms with van der Waals surface area (Å²) in [5.41, 5.74) is 4.69. The molecule has 2 rings (SSSR count). The van der Waals surface area contributed by atoms with Gasteiger partial charge in [-0.3, -0.25) is 4.98 Å². The molecule has 1 aromatic heterocycles. The Morgan fingerprint density at radius 2 is 1.84 bits per heavy atom. The predicted molar refractivity (Wildman–Crippen MR) is 83.2 cm³/mol. The van der Waals surface area contributed by atoms with Crippen molar-refractivity contribution in [2.75, 3.05) is 5.32 Å². The van der Waals surface area contributed by atoms with Crippen molar-refractivity contribution in [3.05, 3.63) is 59.4 Å². The van der Waals surface area contributed by atoms with Crippen molar-refractivity contribution >= 4 is 23.0 Å². The Bertz CT molecular complexity index is 567. The van der Waals surface area contributed by atoms with Crippen LogP contribution in [0.5, 0.6) is 0 Å². The van der Waals surface area contributed by atoms with Gasteiger partial charge in [-0.2, -0.15) is 0 Å². The molecule has 0 fully saturated rings. The van der Waals surface area contributed by atoms with Crippen LogP contribution in [0.2, 0.25) is 0 Å². The normalized spacial score (nSPS) is 10.0. The summed E-state index contributed by atoms with van der Waals surface area (Å²) < 4.78 is 0. The topological polar surface area (TPSA) is 37.0 Å². The van der Waals surface area contributed by atoms with Crippen molar-refractivity contribution in [3.63, 3.8) is 0 Å². The van der Waals surface area contributed by atoms with Crippen LogP contribution in [0.4, 0.5) is 5.69 Å². The first kappa shape index (κ1) is 13.5. The molecule has 0 amide bonds. The number of aromatic nitrogens is 1. The van der Waals surface area contributed by atoms with E-state index in [2.05, 4.69) is 41.6 Å². The summed E-state index contributed by atoms with van der Waals surface area (Å²) in [4.78, 5) is 3.98. The highest BCUT2D eigenvalue weighted by molar-refractivity contribution is 7.80. The Labute approximate surface area is 119 Å². The monoisotopic (exact) mass is 271 g/mol. The zero-order valence-corrected chi connectivity index (χ0v) is 11.9. The molecule has 0 bridgehead atoms. The van der Waals surface area contributed by atoms with Gasteiger partial charge in [0.25, 0.3) is 0 Å². The first-order chi connectivity index (χ1) is 9.15. The number of thiocarbonyl (C=S) groups is 1. The van der Waals surface area contributed by atoms with E-state index < -0.39 is 0 Å². The van der Waals surface area contributed by atoms with Crippen molar-refractivity contribution in [2.24, 2.45) is 0 Å². The quantitative estimate of drug-likeness (QED) is 0.841. The Kier molecular flexibility index (Phi) is 4.47. The summed E-state index contributed by atoms with van der Waals surface area (Å²) in [7, 11) is 0. The van der Waals surface area contributed by atoms with Crippen LogP contribution >= 0.6 is 12.2 Å². The smallest absolute Gasteiger partial charge is 0.171 e. The van der Waals surface area contributed by atoms with E-state index in [4.69, 9.17) is 12.2 Å². The summed E-state index contributed by atoms with van der Waals surface area (Å²) in [6, 6.07) is 10.1. The van der Waals surface area contributed by atoms with Gasteiger partial charge in [-0.1, -0.05) is 6.07 Å². The molecule has 0 atom stereocenters. The van der Waals surface area contributed by atoms with Gasteiger partial charge in [-0.25, -0.2) is 0 Å². The lowest BCUT2D eigenvalue weighted by Gasteiger charge is -2.11. The number of pyridine rings is 1. The van der Waals surface area contributed by atoms with Crippen molar-refractivity contribution < 1.29 is 0 Å². The Balaban J connectivity index is 1.89. The third kappa shape index (κ3) is 4.03. The van der Waals surface area contributed by atoms with Gasteiger partial charge in [-0.15, -0.1) is 0 Å². The van der Waals surface area contributed by atoms with Crippen LogP contribution in [0.25, 0.3) is 0 Å². The Hall–Kier alpha value is -1.94. The maximum absolute atomic E-state index is 5.27. The molecule has 2 aromatic rings. The van der Waals surface area contributed by atoms with Crippen molar-refractivity contribution in [1.29, 1.82) is 0 Å². The molecule has 4 heteroatoms. The van der Waals surface area contributed by atoms with Gasteiger partial charge in [0.15, 0.2) is 5.11 Å². The van der Waals surface area contributed by atoms with E-state index in [0.29, 0.717) is 11.7 Å². The van der Waals surface area contributed by atoms with Gasteiger partial charge < -0.3 is 10.6 Å². The lowest BCUT2D eigenvalue weighted by atomic mass is 10.1. The van der Waals surface area contributed by atoms with E-state index in [1.807, 2.05) is 18.2 Å². The lowest BCUT2D eigenvalue weighted by Crippen LogP contribution is -2.27. The summed E-state index contributed by atoms with van der Waals surface area (Å²) in [6.07, 6.45) is 3.55. The largest absolute Gasteiger partial charge is 0.358 e. The number of hydrogen-bond donors (Lipinski definition) is 2. The minimum absolute atomic E-state index is 0.625. The van der Waals surface area contributed by atoms with Crippen LogP contribution in [0.15, 0.2) is 42.7 Å². The molecule has 98 valence electrons. The fraction of sp³-hybridized carbons (Fsp3) is 0.200. The van der Waals surface area contributed by atoms with E-state index in [0.717, 1.165) is 11.3 Å². The molecular formula is C15H17N3S. The zero-order chi connectivity index (χ0) is 13.7. The number of anilines is 1. The maximum atomic E-state index is 5.27. The average molecular weight is 271 g/mol. The summed E-state index contributed by atoms with van der Waals surface area (Å²) in [5.74, 6) is 0. The first-order valence-electron chi connectivity index (χ1n) is 6.16. The highest BCUT2D eigenvalue weighted by atomic mass is 32.1. The predicted octanol–water partition coefficient (Wildman–Crippen LogP) is 3.19. The number of nitrogens with one attached hydrogen (secondary N) is 2. The molecule has 0 spiro atoms. The number of nitrogens with zero attached hydrogens (tertiary/aromatic N) is 1. The Morgan fingerprint density at radius 3 is 2.53 bits per heavy atom. The van der Waals surface area contributed by atoms with Gasteiger partial charge in [0.05, 0.1) is 0 Å². The molecule has 0 saturated heterocycles. The van der Waals surface area contributed by atoms with Crippen LogP contribution in [0.1, 0.15) is 16.7 Å². The number of aryl methyl sites for hydroxylation is 2. The molecule has 0 radical (unpaired) electrons. The zero-order valence-electron chi connectivity index (χ0n) is 11.1. The highest BCUT2D eigenvalue weighted by Crippen LogP contribution is 2.13. The molecule has 0 saturated carbocycles. The first-order valence-corrected chi connectivity index (χ1v) is 6.57. The van der Waals surface area contributed by atoms with Crippen molar-refractivity contribution in [1.82, 2.24) is 10.3 Å². The molecular weight excluding hydrogens is 254 g/mol. The fourth-order valence-corrected chi connectivity index (χ4v) is 1.87. The molecule has 2 N–H and O–H groups in total. The van der Waals surface area contributed by atoms with Crippen LogP contribution in [-0.2, 0) is 6.54 Å². The number of benzene rings is 1. The minimum atomic E-state index is 0.625. The van der Waals surface area contributed by atoms with Gasteiger partial charge in [0.2, 0.25) is 0 Å². The van der Waals surface area contributed by atoms with E-state index in [1.54, 1.807) is 12.4 Å². The van der Waals surface area contributed by atoms with E-state index in [9.17, 15) is 0 Å². The van der Waals surface area contributed by atoms with E-state index in [-0.39, 0.29) is 0 Å². The molecule has 3 nitrogen and oxygen atoms in total. The van der Waals surface area contributed by atoms with Gasteiger partial charge in [0, 0.05) is 24.6 Å². The van der Waals surface area contributed by atoms with Gasteiger partial charge in [0.1, 0.15) is 0 Å². The second-order valence-corrected chi connectivity index (χ2v) is 4.87. The summed E-state index contributed by atoms with van der Waals surface area (Å²) in [6.45, 7) is 4.88. The highest BCUT2D eigenvalue weighted by Gasteiger charge is 1.99. The average Bonchev–Trinajstić information content (AvgIpc) is 2.42. The van der Waals surface area contributed by atoms with Crippen LogP contribution in [0.3, 0.4) is 0 Å². The third-order valence-corrected chi connectivity index (χ3v) is 3.21. The van der Waals surface area contributed by atoms with Gasteiger partial charge >= 0.3 is 0 Å². The van der Waals surface area contributed by atoms with Crippen LogP contribution in [0, 0.1) is 13.8 Å². The fourth-order valence-electron chi connectivity index (χ4n) is 1.68. The minimum Gasteiger partial charge on any atom is -0.358 e. The molecule has 1 aromatic carbocycles. The summed E-state index contributed by atoms with van der Waals surface area (Å²) >= 11 is 5.27. The SMILES string of the molecule is Cc1ccc(NC(=S)NCc2ccncc2)cc1C. The van der Waals surface area contributed by atoms with E-state index >= 15 is 0 Å². The second-order valence-electron chi connectivity index (χ2n) is 4.46. The van der Waals surface area contributed by atoms with E-state index in [1.165, 1.54) is 11.1 Å². The molecule has 0 aliphatic carbocycles. The molecule has 0 aliphatic heterocycles. The van der Waals surface area contributed by atoms with Gasteiger partial charge in [-0.05, 0) is 67.0 Å². The molecule has 0 unspecified atom stereocenters. The number of hydrogen-bond acceptors (Lipinski definition) is 2. The van der Waals surface area contributed by atoms with Crippen LogP contribution in [-0.4, -0.2) is 10.1 Å². The lowest BCUT2D eigenvalue weighted by molar-refractivity contribution is 0.921. The molecule has 0 aliphatic rings. The van der Waals surface area contributed by atoms with Crippen molar-refractivity contribution in [2.45, 2.75) is 20.4 Å². The van der Waals surface area contributed by atoms with Crippen molar-refractivity contribution in [3.8, 4) is 0 Å². The molecule has 1 heterocycles. The standard InChI is InChI=1S/C15H17N3S/c1-11-3-4-14(9-12(11)2)18-15(19)17-10-13-5-7-16-8-6-13/h3-9H,10H2,1-2H3,(H2,17,18,19). The number of rotatable bonds is 3. The maximum Gasteiger partial charge on any atom is 0.171 e. The summed E-state index contributed by atoms with van der Waals surface area (Å²) in [5, 5.41) is 6.98. The van der Waals surface area contributed by atoms with Crippen LogP contribution < -0.4 is 10.6 Å². The molecule has 19 heavy (non-hydrogen) atoms.